The number of anilines is 1. The SMILES string of the molecule is Cc1[nH]nc(NC(=O)[C@@H]2C[C@H]2c2cncn2C)c1-c1ccccc1F. The van der Waals surface area contributed by atoms with Crippen LogP contribution in [-0.2, 0) is 11.8 Å². The van der Waals surface area contributed by atoms with Gasteiger partial charge in [-0.15, -0.1) is 0 Å². The summed E-state index contributed by atoms with van der Waals surface area (Å²) in [5.74, 6) is -0.0226. The first-order valence-corrected chi connectivity index (χ1v) is 8.13. The van der Waals surface area contributed by atoms with Gasteiger partial charge in [-0.3, -0.25) is 9.89 Å². The van der Waals surface area contributed by atoms with Crippen LogP contribution in [0.4, 0.5) is 10.2 Å². The molecule has 1 aliphatic rings. The van der Waals surface area contributed by atoms with E-state index in [1.165, 1.54) is 6.07 Å². The molecule has 0 aliphatic heterocycles. The number of hydrogen-bond donors (Lipinski definition) is 2. The van der Waals surface area contributed by atoms with E-state index in [1.54, 1.807) is 37.6 Å². The fraction of sp³-hybridized carbons (Fsp3) is 0.278. The molecular weight excluding hydrogens is 321 g/mol. The van der Waals surface area contributed by atoms with E-state index in [9.17, 15) is 9.18 Å². The second kappa shape index (κ2) is 5.84. The first-order valence-electron chi connectivity index (χ1n) is 8.13. The molecule has 25 heavy (non-hydrogen) atoms. The zero-order chi connectivity index (χ0) is 17.6. The monoisotopic (exact) mass is 339 g/mol. The molecular formula is C18H18FN5O. The van der Waals surface area contributed by atoms with Gasteiger partial charge in [0.2, 0.25) is 5.91 Å². The molecule has 2 N–H and O–H groups in total. The lowest BCUT2D eigenvalue weighted by Gasteiger charge is -2.07. The van der Waals surface area contributed by atoms with Crippen molar-refractivity contribution in [3.05, 3.63) is 54.0 Å². The minimum Gasteiger partial charge on any atom is -0.337 e. The molecule has 0 radical (unpaired) electrons. The van der Waals surface area contributed by atoms with E-state index < -0.39 is 0 Å². The number of nitrogens with one attached hydrogen (secondary N) is 2. The molecule has 1 aromatic carbocycles. The summed E-state index contributed by atoms with van der Waals surface area (Å²) in [4.78, 5) is 16.7. The van der Waals surface area contributed by atoms with Crippen molar-refractivity contribution < 1.29 is 9.18 Å². The highest BCUT2D eigenvalue weighted by atomic mass is 19.1. The van der Waals surface area contributed by atoms with Gasteiger partial charge in [0, 0.05) is 47.6 Å². The Bertz CT molecular complexity index is 945. The van der Waals surface area contributed by atoms with Gasteiger partial charge in [-0.2, -0.15) is 5.10 Å². The molecule has 1 fully saturated rings. The summed E-state index contributed by atoms with van der Waals surface area (Å²) in [6.45, 7) is 1.81. The Hall–Kier alpha value is -2.96. The number of hydrogen-bond acceptors (Lipinski definition) is 3. The van der Waals surface area contributed by atoms with Crippen LogP contribution >= 0.6 is 0 Å². The molecule has 0 saturated heterocycles. The van der Waals surface area contributed by atoms with Crippen molar-refractivity contribution >= 4 is 11.7 Å². The average Bonchev–Trinajstić information content (AvgIpc) is 3.15. The van der Waals surface area contributed by atoms with Crippen LogP contribution in [0.3, 0.4) is 0 Å². The topological polar surface area (TPSA) is 75.6 Å². The number of aryl methyl sites for hydroxylation is 2. The van der Waals surface area contributed by atoms with Gasteiger partial charge in [0.05, 0.1) is 6.33 Å². The standard InChI is InChI=1S/C18H18FN5O/c1-10-16(11-5-3-4-6-14(11)19)17(23-22-10)21-18(25)13-7-12(13)15-8-20-9-24(15)2/h3-6,8-9,12-13H,7H2,1-2H3,(H2,21,22,23,25)/t12-,13-/m1/s1. The summed E-state index contributed by atoms with van der Waals surface area (Å²) in [6.07, 6.45) is 4.31. The van der Waals surface area contributed by atoms with Gasteiger partial charge in [0.15, 0.2) is 5.82 Å². The Morgan fingerprint density at radius 1 is 1.40 bits per heavy atom. The molecule has 1 aliphatic carbocycles. The van der Waals surface area contributed by atoms with Crippen LogP contribution in [0.25, 0.3) is 11.1 Å². The highest BCUT2D eigenvalue weighted by molar-refractivity contribution is 5.98. The van der Waals surface area contributed by atoms with E-state index in [4.69, 9.17) is 0 Å². The highest BCUT2D eigenvalue weighted by Crippen LogP contribution is 2.48. The molecule has 1 saturated carbocycles. The predicted molar refractivity (Wildman–Crippen MR) is 91.4 cm³/mol. The molecule has 1 amide bonds. The van der Waals surface area contributed by atoms with Crippen LogP contribution in [-0.4, -0.2) is 25.7 Å². The number of imidazole rings is 1. The number of nitrogens with zero attached hydrogens (tertiary/aromatic N) is 3. The first-order chi connectivity index (χ1) is 12.1. The van der Waals surface area contributed by atoms with Gasteiger partial charge in [-0.25, -0.2) is 9.37 Å². The molecule has 4 rings (SSSR count). The molecule has 3 aromatic rings. The summed E-state index contributed by atoms with van der Waals surface area (Å²) < 4.78 is 16.1. The normalized spacial score (nSPS) is 19.0. The average molecular weight is 339 g/mol. The maximum absolute atomic E-state index is 14.1. The van der Waals surface area contributed by atoms with Crippen LogP contribution < -0.4 is 5.32 Å². The zero-order valence-corrected chi connectivity index (χ0v) is 14.0. The smallest absolute Gasteiger partial charge is 0.229 e. The van der Waals surface area contributed by atoms with Gasteiger partial charge in [-0.1, -0.05) is 18.2 Å². The van der Waals surface area contributed by atoms with Crippen molar-refractivity contribution in [2.24, 2.45) is 13.0 Å². The molecule has 6 nitrogen and oxygen atoms in total. The number of benzene rings is 1. The van der Waals surface area contributed by atoms with Gasteiger partial charge in [0.1, 0.15) is 5.82 Å². The summed E-state index contributed by atoms with van der Waals surface area (Å²) in [5.41, 5.74) is 2.76. The molecule has 2 heterocycles. The highest BCUT2D eigenvalue weighted by Gasteiger charge is 2.45. The van der Waals surface area contributed by atoms with Gasteiger partial charge >= 0.3 is 0 Å². The lowest BCUT2D eigenvalue weighted by atomic mass is 10.1. The van der Waals surface area contributed by atoms with E-state index in [0.717, 1.165) is 12.1 Å². The van der Waals surface area contributed by atoms with Crippen molar-refractivity contribution in [3.63, 3.8) is 0 Å². The number of rotatable bonds is 4. The Morgan fingerprint density at radius 3 is 2.92 bits per heavy atom. The van der Waals surface area contributed by atoms with Crippen LogP contribution in [0, 0.1) is 18.7 Å². The van der Waals surface area contributed by atoms with Gasteiger partial charge in [-0.05, 0) is 19.4 Å². The number of aromatic nitrogens is 4. The fourth-order valence-corrected chi connectivity index (χ4v) is 3.26. The van der Waals surface area contributed by atoms with Gasteiger partial charge in [0.25, 0.3) is 0 Å². The van der Waals surface area contributed by atoms with Crippen molar-refractivity contribution in [2.45, 2.75) is 19.3 Å². The van der Waals surface area contributed by atoms with Crippen LogP contribution in [0.2, 0.25) is 0 Å². The number of carbonyl (C=O) groups is 1. The third-order valence-electron chi connectivity index (χ3n) is 4.69. The summed E-state index contributed by atoms with van der Waals surface area (Å²) in [7, 11) is 1.92. The lowest BCUT2D eigenvalue weighted by molar-refractivity contribution is -0.117. The van der Waals surface area contributed by atoms with E-state index in [1.807, 2.05) is 11.6 Å². The third-order valence-corrected chi connectivity index (χ3v) is 4.69. The van der Waals surface area contributed by atoms with Crippen molar-refractivity contribution in [3.8, 4) is 11.1 Å². The molecule has 2 atom stereocenters. The second-order valence-corrected chi connectivity index (χ2v) is 6.42. The number of H-pyrrole nitrogens is 1. The summed E-state index contributed by atoms with van der Waals surface area (Å²) in [5, 5.41) is 9.83. The first kappa shape index (κ1) is 15.6. The van der Waals surface area contributed by atoms with Crippen LogP contribution in [0.5, 0.6) is 0 Å². The summed E-state index contributed by atoms with van der Waals surface area (Å²) in [6, 6.07) is 6.47. The minimum absolute atomic E-state index is 0.102. The van der Waals surface area contributed by atoms with Crippen molar-refractivity contribution in [2.75, 3.05) is 5.32 Å². The molecule has 0 spiro atoms. The molecule has 2 aromatic heterocycles. The molecule has 0 unspecified atom stereocenters. The van der Waals surface area contributed by atoms with E-state index in [-0.39, 0.29) is 23.6 Å². The fourth-order valence-electron chi connectivity index (χ4n) is 3.26. The predicted octanol–water partition coefficient (Wildman–Crippen LogP) is 3.00. The number of amides is 1. The van der Waals surface area contributed by atoms with Crippen LogP contribution in [0.15, 0.2) is 36.8 Å². The Morgan fingerprint density at radius 2 is 2.20 bits per heavy atom. The largest absolute Gasteiger partial charge is 0.337 e. The van der Waals surface area contributed by atoms with Crippen LogP contribution in [0.1, 0.15) is 23.7 Å². The van der Waals surface area contributed by atoms with Crippen molar-refractivity contribution in [1.29, 1.82) is 0 Å². The second-order valence-electron chi connectivity index (χ2n) is 6.42. The molecule has 7 heteroatoms. The number of halogens is 1. The molecule has 0 bridgehead atoms. The third kappa shape index (κ3) is 2.71. The maximum Gasteiger partial charge on any atom is 0.229 e. The number of carbonyl (C=O) groups excluding carboxylic acids is 1. The minimum atomic E-state index is -0.346. The Balaban J connectivity index is 1.56. The Kier molecular flexibility index (Phi) is 3.63. The molecule has 128 valence electrons. The Labute approximate surface area is 144 Å². The van der Waals surface area contributed by atoms with Crippen molar-refractivity contribution in [1.82, 2.24) is 19.7 Å². The number of aromatic amines is 1. The lowest BCUT2D eigenvalue weighted by Crippen LogP contribution is -2.16. The van der Waals surface area contributed by atoms with E-state index in [0.29, 0.717) is 22.6 Å². The quantitative estimate of drug-likeness (QED) is 0.767. The van der Waals surface area contributed by atoms with Gasteiger partial charge < -0.3 is 9.88 Å². The zero-order valence-electron chi connectivity index (χ0n) is 14.0. The maximum atomic E-state index is 14.1. The van der Waals surface area contributed by atoms with E-state index in [2.05, 4.69) is 20.5 Å². The summed E-state index contributed by atoms with van der Waals surface area (Å²) >= 11 is 0. The van der Waals surface area contributed by atoms with E-state index >= 15 is 0 Å².